The molecule has 0 aliphatic rings. The normalized spacial score (nSPS) is 11.4. The molecule has 0 aliphatic heterocycles. The molecular weight excluding hydrogens is 212 g/mol. The van der Waals surface area contributed by atoms with Crippen molar-refractivity contribution >= 4 is 21.9 Å². The molecule has 0 fully saturated rings. The minimum absolute atomic E-state index is 0.697. The van der Waals surface area contributed by atoms with Gasteiger partial charge >= 0.3 is 0 Å². The number of imidazole rings is 1. The van der Waals surface area contributed by atoms with Gasteiger partial charge in [0.15, 0.2) is 0 Å². The van der Waals surface area contributed by atoms with E-state index in [0.29, 0.717) is 6.54 Å². The Labute approximate surface area is 99.1 Å². The van der Waals surface area contributed by atoms with E-state index < -0.39 is 0 Å². The average molecular weight is 226 g/mol. The fourth-order valence-corrected chi connectivity index (χ4v) is 2.13. The van der Waals surface area contributed by atoms with Crippen molar-refractivity contribution in [1.29, 1.82) is 0 Å². The zero-order valence-corrected chi connectivity index (χ0v) is 9.50. The summed E-state index contributed by atoms with van der Waals surface area (Å²) in [6, 6.07) is 8.14. The number of hydrogen-bond donors (Lipinski definition) is 1. The molecule has 0 saturated carbocycles. The van der Waals surface area contributed by atoms with Crippen LogP contribution < -0.4 is 5.73 Å². The predicted octanol–water partition coefficient (Wildman–Crippen LogP) is 1.93. The van der Waals surface area contributed by atoms with Crippen LogP contribution in [0.25, 0.3) is 21.9 Å². The van der Waals surface area contributed by atoms with Crippen LogP contribution in [0.5, 0.6) is 0 Å². The SMILES string of the molecule is NCCCn1cnc2cnc3ccccc3c21. The zero-order valence-electron chi connectivity index (χ0n) is 9.50. The third-order valence-corrected chi connectivity index (χ3v) is 2.95. The molecule has 0 spiro atoms. The van der Waals surface area contributed by atoms with Crippen molar-refractivity contribution in [1.82, 2.24) is 14.5 Å². The lowest BCUT2D eigenvalue weighted by molar-refractivity contribution is 0.667. The molecule has 17 heavy (non-hydrogen) atoms. The van der Waals surface area contributed by atoms with Gasteiger partial charge in [0.05, 0.1) is 23.6 Å². The van der Waals surface area contributed by atoms with Crippen molar-refractivity contribution in [2.45, 2.75) is 13.0 Å². The molecule has 3 aromatic rings. The predicted molar refractivity (Wildman–Crippen MR) is 68.7 cm³/mol. The van der Waals surface area contributed by atoms with Crippen molar-refractivity contribution in [3.05, 3.63) is 36.8 Å². The Morgan fingerprint density at radius 1 is 1.12 bits per heavy atom. The van der Waals surface area contributed by atoms with Gasteiger partial charge in [0.1, 0.15) is 5.52 Å². The van der Waals surface area contributed by atoms with Gasteiger partial charge in [0.25, 0.3) is 0 Å². The van der Waals surface area contributed by atoms with Gasteiger partial charge in [-0.15, -0.1) is 0 Å². The third kappa shape index (κ3) is 1.66. The summed E-state index contributed by atoms with van der Waals surface area (Å²) in [6.45, 7) is 1.60. The maximum atomic E-state index is 5.56. The van der Waals surface area contributed by atoms with Gasteiger partial charge in [-0.25, -0.2) is 4.98 Å². The van der Waals surface area contributed by atoms with Gasteiger partial charge in [0, 0.05) is 11.9 Å². The summed E-state index contributed by atoms with van der Waals surface area (Å²) in [6.07, 6.45) is 4.66. The molecule has 3 rings (SSSR count). The number of pyridine rings is 1. The molecule has 0 saturated heterocycles. The number of rotatable bonds is 3. The quantitative estimate of drug-likeness (QED) is 0.742. The highest BCUT2D eigenvalue weighted by molar-refractivity contribution is 6.01. The zero-order chi connectivity index (χ0) is 11.7. The highest BCUT2D eigenvalue weighted by atomic mass is 15.0. The van der Waals surface area contributed by atoms with E-state index in [9.17, 15) is 0 Å². The minimum Gasteiger partial charge on any atom is -0.330 e. The van der Waals surface area contributed by atoms with Gasteiger partial charge in [-0.1, -0.05) is 18.2 Å². The minimum atomic E-state index is 0.697. The largest absolute Gasteiger partial charge is 0.330 e. The van der Waals surface area contributed by atoms with Crippen LogP contribution in [0.2, 0.25) is 0 Å². The topological polar surface area (TPSA) is 56.7 Å². The molecule has 4 nitrogen and oxygen atoms in total. The average Bonchev–Trinajstić information content (AvgIpc) is 2.80. The van der Waals surface area contributed by atoms with E-state index in [4.69, 9.17) is 5.73 Å². The molecule has 86 valence electrons. The van der Waals surface area contributed by atoms with Crippen LogP contribution in [0.1, 0.15) is 6.42 Å². The van der Waals surface area contributed by atoms with E-state index in [0.717, 1.165) is 34.9 Å². The number of aryl methyl sites for hydroxylation is 1. The third-order valence-electron chi connectivity index (χ3n) is 2.95. The van der Waals surface area contributed by atoms with E-state index in [2.05, 4.69) is 20.6 Å². The second-order valence-electron chi connectivity index (χ2n) is 4.09. The number of hydrogen-bond acceptors (Lipinski definition) is 3. The molecule has 0 radical (unpaired) electrons. The molecule has 1 aromatic carbocycles. The highest BCUT2D eigenvalue weighted by Crippen LogP contribution is 2.22. The molecule has 0 amide bonds. The van der Waals surface area contributed by atoms with Crippen molar-refractivity contribution < 1.29 is 0 Å². The van der Waals surface area contributed by atoms with E-state index in [1.54, 1.807) is 0 Å². The molecule has 0 bridgehead atoms. The lowest BCUT2D eigenvalue weighted by atomic mass is 10.2. The molecule has 0 aliphatic carbocycles. The van der Waals surface area contributed by atoms with E-state index in [-0.39, 0.29) is 0 Å². The van der Waals surface area contributed by atoms with Crippen molar-refractivity contribution in [2.24, 2.45) is 5.73 Å². The smallest absolute Gasteiger partial charge is 0.107 e. The van der Waals surface area contributed by atoms with E-state index in [1.165, 1.54) is 0 Å². The van der Waals surface area contributed by atoms with Gasteiger partial charge < -0.3 is 10.3 Å². The van der Waals surface area contributed by atoms with Crippen LogP contribution in [0, 0.1) is 0 Å². The van der Waals surface area contributed by atoms with Crippen LogP contribution in [-0.4, -0.2) is 21.1 Å². The summed E-state index contributed by atoms with van der Waals surface area (Å²) in [5.41, 5.74) is 8.67. The summed E-state index contributed by atoms with van der Waals surface area (Å²) >= 11 is 0. The lowest BCUT2D eigenvalue weighted by Gasteiger charge is -2.05. The Morgan fingerprint density at radius 2 is 2.00 bits per heavy atom. The molecule has 4 heteroatoms. The maximum absolute atomic E-state index is 5.56. The lowest BCUT2D eigenvalue weighted by Crippen LogP contribution is -2.05. The van der Waals surface area contributed by atoms with Gasteiger partial charge in [-0.3, -0.25) is 4.98 Å². The number of nitrogens with zero attached hydrogens (tertiary/aromatic N) is 3. The van der Waals surface area contributed by atoms with Crippen LogP contribution in [-0.2, 0) is 6.54 Å². The monoisotopic (exact) mass is 226 g/mol. The first-order valence-electron chi connectivity index (χ1n) is 5.79. The number of benzene rings is 1. The molecule has 2 N–H and O–H groups in total. The first-order chi connectivity index (χ1) is 8.40. The summed E-state index contributed by atoms with van der Waals surface area (Å²) in [5.74, 6) is 0. The second-order valence-corrected chi connectivity index (χ2v) is 4.09. The van der Waals surface area contributed by atoms with Gasteiger partial charge in [0.2, 0.25) is 0 Å². The molecular formula is C13H14N4. The van der Waals surface area contributed by atoms with E-state index in [1.807, 2.05) is 30.7 Å². The number of fused-ring (bicyclic) bond motifs is 3. The van der Waals surface area contributed by atoms with Crippen LogP contribution in [0.15, 0.2) is 36.8 Å². The van der Waals surface area contributed by atoms with Crippen LogP contribution in [0.4, 0.5) is 0 Å². The second kappa shape index (κ2) is 4.14. The highest BCUT2D eigenvalue weighted by Gasteiger charge is 2.07. The summed E-state index contributed by atoms with van der Waals surface area (Å²) in [7, 11) is 0. The summed E-state index contributed by atoms with van der Waals surface area (Å²) in [4.78, 5) is 8.78. The fourth-order valence-electron chi connectivity index (χ4n) is 2.13. The number of aromatic nitrogens is 3. The Hall–Kier alpha value is -1.94. The Balaban J connectivity index is 2.27. The Morgan fingerprint density at radius 3 is 2.88 bits per heavy atom. The van der Waals surface area contributed by atoms with Gasteiger partial charge in [-0.05, 0) is 19.0 Å². The Kier molecular flexibility index (Phi) is 2.49. The molecule has 2 aromatic heterocycles. The Bertz CT molecular complexity index is 657. The molecule has 0 atom stereocenters. The molecule has 0 unspecified atom stereocenters. The fraction of sp³-hybridized carbons (Fsp3) is 0.231. The van der Waals surface area contributed by atoms with Crippen molar-refractivity contribution in [3.63, 3.8) is 0 Å². The number of nitrogens with two attached hydrogens (primary N) is 1. The van der Waals surface area contributed by atoms with Crippen molar-refractivity contribution in [2.75, 3.05) is 6.54 Å². The first-order valence-corrected chi connectivity index (χ1v) is 5.79. The standard InChI is InChI=1S/C13H14N4/c14-6-3-7-17-9-16-12-8-15-11-5-2-1-4-10(11)13(12)17/h1-2,4-5,8-9H,3,6-7,14H2. The summed E-state index contributed by atoms with van der Waals surface area (Å²) in [5, 5.41) is 1.15. The maximum Gasteiger partial charge on any atom is 0.107 e. The van der Waals surface area contributed by atoms with Gasteiger partial charge in [-0.2, -0.15) is 0 Å². The van der Waals surface area contributed by atoms with Crippen LogP contribution in [0.3, 0.4) is 0 Å². The first kappa shape index (κ1) is 10.2. The summed E-state index contributed by atoms with van der Waals surface area (Å²) < 4.78 is 2.16. The van der Waals surface area contributed by atoms with Crippen LogP contribution >= 0.6 is 0 Å². The molecule has 2 heterocycles. The number of para-hydroxylation sites is 1. The van der Waals surface area contributed by atoms with E-state index >= 15 is 0 Å². The van der Waals surface area contributed by atoms with Crippen molar-refractivity contribution in [3.8, 4) is 0 Å².